The smallest absolute Gasteiger partial charge is 0.226 e. The number of nitrogen functional groups attached to an aromatic ring is 1. The van der Waals surface area contributed by atoms with Crippen LogP contribution in [0.4, 0.5) is 17.5 Å². The third kappa shape index (κ3) is 4.43. The minimum Gasteiger partial charge on any atom is -0.383 e. The van der Waals surface area contributed by atoms with E-state index in [2.05, 4.69) is 32.5 Å². The van der Waals surface area contributed by atoms with Crippen LogP contribution in [0.1, 0.15) is 19.8 Å². The van der Waals surface area contributed by atoms with Crippen molar-refractivity contribution < 1.29 is 4.79 Å². The van der Waals surface area contributed by atoms with Crippen molar-refractivity contribution in [3.8, 4) is 11.3 Å². The molecule has 0 unspecified atom stereocenters. The van der Waals surface area contributed by atoms with E-state index in [-0.39, 0.29) is 5.91 Å². The summed E-state index contributed by atoms with van der Waals surface area (Å²) in [7, 11) is 2.13. The molecule has 0 bridgehead atoms. The van der Waals surface area contributed by atoms with Gasteiger partial charge in [-0.1, -0.05) is 12.1 Å². The van der Waals surface area contributed by atoms with Crippen LogP contribution in [0.25, 0.3) is 22.3 Å². The number of anilines is 3. The Hall–Kier alpha value is -3.26. The fraction of sp³-hybridized carbons (Fsp3) is 0.333. The number of hydrogen-bond donors (Lipinski definition) is 3. The number of nitrogens with two attached hydrogens (primary N) is 1. The van der Waals surface area contributed by atoms with Crippen molar-refractivity contribution in [2.24, 2.45) is 0 Å². The lowest BCUT2D eigenvalue weighted by Crippen LogP contribution is -2.37. The lowest BCUT2D eigenvalue weighted by atomic mass is 10.1. The summed E-state index contributed by atoms with van der Waals surface area (Å²) in [6.45, 7) is 3.59. The van der Waals surface area contributed by atoms with Gasteiger partial charge >= 0.3 is 0 Å². The zero-order chi connectivity index (χ0) is 20.4. The van der Waals surface area contributed by atoms with Crippen LogP contribution in [-0.2, 0) is 4.79 Å². The second kappa shape index (κ2) is 8.00. The first-order valence-electron chi connectivity index (χ1n) is 9.75. The normalized spacial score (nSPS) is 15.4. The summed E-state index contributed by atoms with van der Waals surface area (Å²) in [5, 5.41) is 6.91. The van der Waals surface area contributed by atoms with Gasteiger partial charge in [-0.2, -0.15) is 9.97 Å². The molecular weight excluding hydrogens is 366 g/mol. The molecule has 8 nitrogen and oxygen atoms in total. The van der Waals surface area contributed by atoms with Crippen LogP contribution < -0.4 is 16.4 Å². The molecule has 0 atom stereocenters. The van der Waals surface area contributed by atoms with E-state index in [9.17, 15) is 4.79 Å². The van der Waals surface area contributed by atoms with E-state index in [1.165, 1.54) is 6.92 Å². The quantitative estimate of drug-likeness (QED) is 0.627. The number of amides is 1. The van der Waals surface area contributed by atoms with Crippen LogP contribution >= 0.6 is 0 Å². The van der Waals surface area contributed by atoms with Crippen molar-refractivity contribution in [3.63, 3.8) is 0 Å². The predicted octanol–water partition coefficient (Wildman–Crippen LogP) is 2.74. The highest BCUT2D eigenvalue weighted by atomic mass is 16.1. The summed E-state index contributed by atoms with van der Waals surface area (Å²) >= 11 is 0. The number of aromatic nitrogens is 3. The first-order chi connectivity index (χ1) is 14.0. The van der Waals surface area contributed by atoms with Gasteiger partial charge in [-0.3, -0.25) is 4.79 Å². The molecule has 3 heterocycles. The van der Waals surface area contributed by atoms with Gasteiger partial charge in [-0.15, -0.1) is 0 Å². The van der Waals surface area contributed by atoms with E-state index in [0.717, 1.165) is 48.3 Å². The van der Waals surface area contributed by atoms with Crippen molar-refractivity contribution in [1.82, 2.24) is 19.9 Å². The number of carbonyl (C=O) groups excluding carboxylic acids is 1. The van der Waals surface area contributed by atoms with Gasteiger partial charge in [0.15, 0.2) is 5.65 Å². The van der Waals surface area contributed by atoms with Gasteiger partial charge in [0.1, 0.15) is 5.82 Å². The Kier molecular flexibility index (Phi) is 5.26. The van der Waals surface area contributed by atoms with Gasteiger partial charge in [0.25, 0.3) is 0 Å². The van der Waals surface area contributed by atoms with Crippen molar-refractivity contribution in [2.45, 2.75) is 25.8 Å². The number of fused-ring (bicyclic) bond motifs is 1. The molecule has 1 amide bonds. The molecule has 3 aromatic rings. The van der Waals surface area contributed by atoms with Crippen molar-refractivity contribution in [2.75, 3.05) is 36.5 Å². The van der Waals surface area contributed by atoms with E-state index < -0.39 is 0 Å². The minimum absolute atomic E-state index is 0.0987. The first kappa shape index (κ1) is 19.1. The number of carbonyl (C=O) groups is 1. The Bertz CT molecular complexity index is 1030. The van der Waals surface area contributed by atoms with Crippen LogP contribution in [0, 0.1) is 0 Å². The SMILES string of the molecule is CC(=O)Nc1ccc(-c2ccc3c(N)nc(NC4CCN(C)CC4)nc3n2)cc1. The maximum absolute atomic E-state index is 11.2. The third-order valence-corrected chi connectivity index (χ3v) is 5.14. The monoisotopic (exact) mass is 391 g/mol. The summed E-state index contributed by atoms with van der Waals surface area (Å²) in [6, 6.07) is 11.7. The topological polar surface area (TPSA) is 109 Å². The standard InChI is InChI=1S/C21H25N7O/c1-13(29)23-15-5-3-14(4-6-15)18-8-7-17-19(22)26-21(27-20(17)25-18)24-16-9-11-28(2)12-10-16/h3-8,16H,9-12H2,1-2H3,(H,23,29)(H3,22,24,25,26,27). The van der Waals surface area contributed by atoms with E-state index in [1.54, 1.807) is 0 Å². The van der Waals surface area contributed by atoms with Gasteiger partial charge < -0.3 is 21.3 Å². The molecule has 29 heavy (non-hydrogen) atoms. The number of nitrogens with zero attached hydrogens (tertiary/aromatic N) is 4. The molecule has 150 valence electrons. The Morgan fingerprint density at radius 2 is 1.79 bits per heavy atom. The lowest BCUT2D eigenvalue weighted by Gasteiger charge is -2.29. The highest BCUT2D eigenvalue weighted by Gasteiger charge is 2.18. The van der Waals surface area contributed by atoms with Gasteiger partial charge in [0.2, 0.25) is 11.9 Å². The van der Waals surface area contributed by atoms with Crippen LogP contribution in [0.15, 0.2) is 36.4 Å². The van der Waals surface area contributed by atoms with E-state index in [4.69, 9.17) is 10.7 Å². The Labute approximate surface area is 169 Å². The van der Waals surface area contributed by atoms with E-state index >= 15 is 0 Å². The third-order valence-electron chi connectivity index (χ3n) is 5.14. The molecule has 4 rings (SSSR count). The van der Waals surface area contributed by atoms with Gasteiger partial charge in [0, 0.05) is 24.2 Å². The van der Waals surface area contributed by atoms with E-state index in [1.807, 2.05) is 36.4 Å². The molecule has 1 aliphatic heterocycles. The van der Waals surface area contributed by atoms with Crippen molar-refractivity contribution >= 4 is 34.4 Å². The molecular formula is C21H25N7O. The second-order valence-corrected chi connectivity index (χ2v) is 7.48. The second-order valence-electron chi connectivity index (χ2n) is 7.48. The molecule has 0 saturated carbocycles. The number of benzene rings is 1. The maximum atomic E-state index is 11.2. The van der Waals surface area contributed by atoms with Gasteiger partial charge in [0.05, 0.1) is 11.1 Å². The molecule has 1 aromatic carbocycles. The van der Waals surface area contributed by atoms with Crippen molar-refractivity contribution in [1.29, 1.82) is 0 Å². The number of likely N-dealkylation sites (tertiary alicyclic amines) is 1. The van der Waals surface area contributed by atoms with Gasteiger partial charge in [-0.25, -0.2) is 4.98 Å². The van der Waals surface area contributed by atoms with E-state index in [0.29, 0.717) is 23.5 Å². The van der Waals surface area contributed by atoms with Crippen LogP contribution in [-0.4, -0.2) is 51.9 Å². The molecule has 0 radical (unpaired) electrons. The molecule has 1 fully saturated rings. The molecule has 2 aromatic heterocycles. The Morgan fingerprint density at radius 1 is 1.07 bits per heavy atom. The lowest BCUT2D eigenvalue weighted by molar-refractivity contribution is -0.114. The number of rotatable bonds is 4. The maximum Gasteiger partial charge on any atom is 0.226 e. The highest BCUT2D eigenvalue weighted by Crippen LogP contribution is 2.25. The van der Waals surface area contributed by atoms with Crippen LogP contribution in [0.5, 0.6) is 0 Å². The molecule has 0 aliphatic carbocycles. The van der Waals surface area contributed by atoms with Crippen LogP contribution in [0.2, 0.25) is 0 Å². The summed E-state index contributed by atoms with van der Waals surface area (Å²) in [4.78, 5) is 27.2. The summed E-state index contributed by atoms with van der Waals surface area (Å²) < 4.78 is 0. The molecule has 4 N–H and O–H groups in total. The fourth-order valence-corrected chi connectivity index (χ4v) is 3.52. The summed E-state index contributed by atoms with van der Waals surface area (Å²) in [6.07, 6.45) is 2.10. The average Bonchev–Trinajstić information content (AvgIpc) is 2.69. The fourth-order valence-electron chi connectivity index (χ4n) is 3.52. The highest BCUT2D eigenvalue weighted by molar-refractivity contribution is 5.90. The van der Waals surface area contributed by atoms with Crippen LogP contribution in [0.3, 0.4) is 0 Å². The summed E-state index contributed by atoms with van der Waals surface area (Å²) in [5.74, 6) is 0.846. The predicted molar refractivity (Wildman–Crippen MR) is 116 cm³/mol. The number of pyridine rings is 1. The molecule has 1 aliphatic rings. The largest absolute Gasteiger partial charge is 0.383 e. The molecule has 0 spiro atoms. The average molecular weight is 391 g/mol. The number of piperidine rings is 1. The Balaban J connectivity index is 1.59. The molecule has 8 heteroatoms. The van der Waals surface area contributed by atoms with Crippen molar-refractivity contribution in [3.05, 3.63) is 36.4 Å². The van der Waals surface area contributed by atoms with Gasteiger partial charge in [-0.05, 0) is 57.2 Å². The summed E-state index contributed by atoms with van der Waals surface area (Å²) in [5.41, 5.74) is 9.19. The minimum atomic E-state index is -0.0987. The molecule has 1 saturated heterocycles. The number of hydrogen-bond acceptors (Lipinski definition) is 7. The zero-order valence-electron chi connectivity index (χ0n) is 16.6. The zero-order valence-corrected chi connectivity index (χ0v) is 16.6. The number of nitrogens with one attached hydrogen (secondary N) is 2. The first-order valence-corrected chi connectivity index (χ1v) is 9.75. The Morgan fingerprint density at radius 3 is 2.48 bits per heavy atom.